The number of hydrogen-bond acceptors (Lipinski definition) is 3. The number of carbonyl (C=O) groups is 2. The van der Waals surface area contributed by atoms with Gasteiger partial charge in [0.1, 0.15) is 0 Å². The molecule has 2 amide bonds. The summed E-state index contributed by atoms with van der Waals surface area (Å²) in [4.78, 5) is 28.2. The lowest BCUT2D eigenvalue weighted by molar-refractivity contribution is -0.131. The van der Waals surface area contributed by atoms with Crippen molar-refractivity contribution in [3.63, 3.8) is 0 Å². The van der Waals surface area contributed by atoms with Gasteiger partial charge in [-0.2, -0.15) is 0 Å². The number of rotatable bonds is 8. The third-order valence-corrected chi connectivity index (χ3v) is 4.97. The zero-order valence-corrected chi connectivity index (χ0v) is 17.6. The molecule has 1 N–H and O–H groups in total. The second kappa shape index (κ2) is 10.0. The smallest absolute Gasteiger partial charge is 0.238 e. The fraction of sp³-hybridized carbons (Fsp3) is 0.391. The molecule has 0 spiro atoms. The van der Waals surface area contributed by atoms with Crippen LogP contribution in [0.1, 0.15) is 29.2 Å². The zero-order valence-electron chi connectivity index (χ0n) is 17.6. The Morgan fingerprint density at radius 2 is 1.57 bits per heavy atom. The SMILES string of the molecule is CCc1ccc(CN(C)C(=O)CN(C)CC(=O)Nc2cccc(C)c2C)cc1. The van der Waals surface area contributed by atoms with Crippen LogP contribution in [-0.4, -0.2) is 48.8 Å². The normalized spacial score (nSPS) is 10.8. The average molecular weight is 382 g/mol. The van der Waals surface area contributed by atoms with E-state index >= 15 is 0 Å². The van der Waals surface area contributed by atoms with Gasteiger partial charge in [-0.05, 0) is 55.6 Å². The zero-order chi connectivity index (χ0) is 20.7. The molecule has 0 aliphatic rings. The summed E-state index contributed by atoms with van der Waals surface area (Å²) in [5, 5.41) is 2.93. The topological polar surface area (TPSA) is 52.7 Å². The number of likely N-dealkylation sites (N-methyl/N-ethyl adjacent to an activating group) is 2. The van der Waals surface area contributed by atoms with Crippen LogP contribution in [-0.2, 0) is 22.6 Å². The van der Waals surface area contributed by atoms with Gasteiger partial charge in [0, 0.05) is 19.3 Å². The molecule has 0 heterocycles. The molecular formula is C23H31N3O2. The van der Waals surface area contributed by atoms with Crippen molar-refractivity contribution in [2.24, 2.45) is 0 Å². The molecule has 150 valence electrons. The van der Waals surface area contributed by atoms with E-state index in [1.54, 1.807) is 23.9 Å². The summed E-state index contributed by atoms with van der Waals surface area (Å²) < 4.78 is 0. The standard InChI is InChI=1S/C23H31N3O2/c1-6-19-10-12-20(13-11-19)14-26(5)23(28)16-25(4)15-22(27)24-21-9-7-8-17(2)18(21)3/h7-13H,6,14-16H2,1-5H3,(H,24,27). The molecule has 0 saturated heterocycles. The highest BCUT2D eigenvalue weighted by Crippen LogP contribution is 2.17. The summed E-state index contributed by atoms with van der Waals surface area (Å²) in [5.41, 5.74) is 5.39. The highest BCUT2D eigenvalue weighted by molar-refractivity contribution is 5.93. The number of aryl methyl sites for hydroxylation is 2. The first kappa shape index (κ1) is 21.6. The number of nitrogens with zero attached hydrogens (tertiary/aromatic N) is 2. The van der Waals surface area contributed by atoms with E-state index in [4.69, 9.17) is 0 Å². The molecule has 28 heavy (non-hydrogen) atoms. The van der Waals surface area contributed by atoms with Crippen molar-refractivity contribution < 1.29 is 9.59 Å². The Hall–Kier alpha value is -2.66. The highest BCUT2D eigenvalue weighted by Gasteiger charge is 2.15. The summed E-state index contributed by atoms with van der Waals surface area (Å²) in [7, 11) is 3.57. The van der Waals surface area contributed by atoms with Gasteiger partial charge in [0.25, 0.3) is 0 Å². The predicted octanol–water partition coefficient (Wildman–Crippen LogP) is 3.39. The summed E-state index contributed by atoms with van der Waals surface area (Å²) >= 11 is 0. The van der Waals surface area contributed by atoms with Crippen LogP contribution >= 0.6 is 0 Å². The van der Waals surface area contributed by atoms with Gasteiger partial charge in [0.15, 0.2) is 0 Å². The van der Waals surface area contributed by atoms with Gasteiger partial charge in [0.05, 0.1) is 13.1 Å². The van der Waals surface area contributed by atoms with E-state index < -0.39 is 0 Å². The Morgan fingerprint density at radius 3 is 2.21 bits per heavy atom. The third-order valence-electron chi connectivity index (χ3n) is 4.97. The van der Waals surface area contributed by atoms with Crippen LogP contribution in [0, 0.1) is 13.8 Å². The van der Waals surface area contributed by atoms with Crippen molar-refractivity contribution in [1.82, 2.24) is 9.80 Å². The molecular weight excluding hydrogens is 350 g/mol. The maximum absolute atomic E-state index is 12.5. The van der Waals surface area contributed by atoms with E-state index in [9.17, 15) is 9.59 Å². The van der Waals surface area contributed by atoms with E-state index in [0.717, 1.165) is 28.8 Å². The van der Waals surface area contributed by atoms with Crippen LogP contribution in [0.25, 0.3) is 0 Å². The maximum atomic E-state index is 12.5. The third kappa shape index (κ3) is 6.20. The van der Waals surface area contributed by atoms with E-state index in [-0.39, 0.29) is 24.9 Å². The quantitative estimate of drug-likeness (QED) is 0.763. The van der Waals surface area contributed by atoms with Gasteiger partial charge in [-0.25, -0.2) is 0 Å². The minimum atomic E-state index is -0.123. The molecule has 0 fully saturated rings. The van der Waals surface area contributed by atoms with Crippen LogP contribution in [0.3, 0.4) is 0 Å². The minimum absolute atomic E-state index is 0.0124. The number of amides is 2. The molecule has 2 aromatic rings. The van der Waals surface area contributed by atoms with Gasteiger partial charge in [-0.3, -0.25) is 14.5 Å². The van der Waals surface area contributed by atoms with Crippen LogP contribution in [0.15, 0.2) is 42.5 Å². The minimum Gasteiger partial charge on any atom is -0.340 e. The number of carbonyl (C=O) groups excluding carboxylic acids is 2. The first-order valence-corrected chi connectivity index (χ1v) is 9.66. The lowest BCUT2D eigenvalue weighted by atomic mass is 10.1. The molecule has 0 unspecified atom stereocenters. The number of benzene rings is 2. The highest BCUT2D eigenvalue weighted by atomic mass is 16.2. The van der Waals surface area contributed by atoms with Gasteiger partial charge < -0.3 is 10.2 Å². The molecule has 0 aromatic heterocycles. The lowest BCUT2D eigenvalue weighted by Crippen LogP contribution is -2.39. The summed E-state index contributed by atoms with van der Waals surface area (Å²) in [6, 6.07) is 14.1. The van der Waals surface area contributed by atoms with Crippen LogP contribution < -0.4 is 5.32 Å². The average Bonchev–Trinajstić information content (AvgIpc) is 2.65. The summed E-state index contributed by atoms with van der Waals surface area (Å²) in [5.74, 6) is -0.136. The Bertz CT molecular complexity index is 815. The Kier molecular flexibility index (Phi) is 7.76. The molecule has 0 aliphatic heterocycles. The molecule has 5 heteroatoms. The largest absolute Gasteiger partial charge is 0.340 e. The fourth-order valence-electron chi connectivity index (χ4n) is 2.97. The first-order chi connectivity index (χ1) is 13.3. The van der Waals surface area contributed by atoms with Crippen molar-refractivity contribution >= 4 is 17.5 Å². The van der Waals surface area contributed by atoms with E-state index in [1.165, 1.54) is 5.56 Å². The second-order valence-corrected chi connectivity index (χ2v) is 7.39. The van der Waals surface area contributed by atoms with E-state index in [1.807, 2.05) is 32.0 Å². The van der Waals surface area contributed by atoms with Gasteiger partial charge in [-0.15, -0.1) is 0 Å². The monoisotopic (exact) mass is 381 g/mol. The van der Waals surface area contributed by atoms with Gasteiger partial charge in [-0.1, -0.05) is 43.3 Å². The van der Waals surface area contributed by atoms with Crippen molar-refractivity contribution in [1.29, 1.82) is 0 Å². The van der Waals surface area contributed by atoms with Crippen molar-refractivity contribution in [3.05, 3.63) is 64.7 Å². The van der Waals surface area contributed by atoms with E-state index in [0.29, 0.717) is 6.54 Å². The van der Waals surface area contributed by atoms with Crippen LogP contribution in [0.4, 0.5) is 5.69 Å². The molecule has 0 bridgehead atoms. The number of nitrogens with one attached hydrogen (secondary N) is 1. The maximum Gasteiger partial charge on any atom is 0.238 e. The molecule has 0 aliphatic carbocycles. The van der Waals surface area contributed by atoms with E-state index in [2.05, 4.69) is 36.5 Å². The second-order valence-electron chi connectivity index (χ2n) is 7.39. The van der Waals surface area contributed by atoms with Crippen molar-refractivity contribution in [2.45, 2.75) is 33.7 Å². The molecule has 0 saturated carbocycles. The molecule has 0 atom stereocenters. The number of anilines is 1. The number of hydrogen-bond donors (Lipinski definition) is 1. The van der Waals surface area contributed by atoms with Crippen LogP contribution in [0.5, 0.6) is 0 Å². The molecule has 0 radical (unpaired) electrons. The molecule has 2 rings (SSSR count). The van der Waals surface area contributed by atoms with Gasteiger partial charge >= 0.3 is 0 Å². The van der Waals surface area contributed by atoms with Crippen molar-refractivity contribution in [2.75, 3.05) is 32.5 Å². The molecule has 2 aromatic carbocycles. The summed E-state index contributed by atoms with van der Waals surface area (Å²) in [6.07, 6.45) is 1.00. The lowest BCUT2D eigenvalue weighted by Gasteiger charge is -2.22. The summed E-state index contributed by atoms with van der Waals surface area (Å²) in [6.45, 7) is 7.05. The molecule has 5 nitrogen and oxygen atoms in total. The predicted molar refractivity (Wildman–Crippen MR) is 114 cm³/mol. The fourth-order valence-corrected chi connectivity index (χ4v) is 2.97. The Balaban J connectivity index is 1.83. The Morgan fingerprint density at radius 1 is 0.929 bits per heavy atom. The Labute approximate surface area is 168 Å². The van der Waals surface area contributed by atoms with Crippen LogP contribution in [0.2, 0.25) is 0 Å². The first-order valence-electron chi connectivity index (χ1n) is 9.66. The van der Waals surface area contributed by atoms with Crippen molar-refractivity contribution in [3.8, 4) is 0 Å². The van der Waals surface area contributed by atoms with Gasteiger partial charge in [0.2, 0.25) is 11.8 Å².